The van der Waals surface area contributed by atoms with E-state index in [0.717, 1.165) is 27.3 Å². The van der Waals surface area contributed by atoms with Gasteiger partial charge in [0.1, 0.15) is 22.8 Å². The molecule has 0 N–H and O–H groups in total. The van der Waals surface area contributed by atoms with Gasteiger partial charge < -0.3 is 4.74 Å². The highest BCUT2D eigenvalue weighted by Gasteiger charge is 2.16. The van der Waals surface area contributed by atoms with Crippen LogP contribution in [0.15, 0.2) is 23.8 Å². The van der Waals surface area contributed by atoms with Crippen molar-refractivity contribution in [3.63, 3.8) is 0 Å². The van der Waals surface area contributed by atoms with Crippen LogP contribution in [0.5, 0.6) is 5.75 Å². The molecule has 108 valence electrons. The Hall–Kier alpha value is -1.72. The zero-order valence-corrected chi connectivity index (χ0v) is 13.5. The highest BCUT2D eigenvalue weighted by Crippen LogP contribution is 2.38. The number of benzene rings is 1. The Labute approximate surface area is 131 Å². The number of hydrogen-bond donors (Lipinski definition) is 0. The molecule has 0 aliphatic heterocycles. The van der Waals surface area contributed by atoms with E-state index in [0.29, 0.717) is 16.7 Å². The molecule has 1 aromatic carbocycles. The van der Waals surface area contributed by atoms with Crippen molar-refractivity contribution >= 4 is 33.8 Å². The Balaban J connectivity index is 2.26. The van der Waals surface area contributed by atoms with Crippen LogP contribution in [0.4, 0.5) is 0 Å². The summed E-state index contributed by atoms with van der Waals surface area (Å²) in [5, 5.41) is 4.21. The standard InChI is InChI=1S/C15H14ClN3OS/c1-8(2)10-6-21-15(19-10)14-12-9(17-7-18-14)4-5-11(20-3)13(12)16/h4-8H,1-3H3. The van der Waals surface area contributed by atoms with E-state index in [9.17, 15) is 0 Å². The first-order valence-corrected chi connectivity index (χ1v) is 7.80. The van der Waals surface area contributed by atoms with Gasteiger partial charge in [-0.05, 0) is 18.1 Å². The van der Waals surface area contributed by atoms with Crippen LogP contribution in [-0.2, 0) is 0 Å². The third kappa shape index (κ3) is 2.47. The number of ether oxygens (including phenoxy) is 1. The first-order chi connectivity index (χ1) is 10.1. The molecule has 21 heavy (non-hydrogen) atoms. The fraction of sp³-hybridized carbons (Fsp3) is 0.267. The van der Waals surface area contributed by atoms with Crippen LogP contribution in [0.2, 0.25) is 5.02 Å². The third-order valence-electron chi connectivity index (χ3n) is 3.24. The van der Waals surface area contributed by atoms with Crippen LogP contribution in [0.1, 0.15) is 25.5 Å². The lowest BCUT2D eigenvalue weighted by atomic mass is 10.1. The molecule has 3 rings (SSSR count). The van der Waals surface area contributed by atoms with Crippen LogP contribution >= 0.6 is 22.9 Å². The fourth-order valence-electron chi connectivity index (χ4n) is 2.07. The number of hydrogen-bond acceptors (Lipinski definition) is 5. The van der Waals surface area contributed by atoms with Crippen molar-refractivity contribution in [2.24, 2.45) is 0 Å². The van der Waals surface area contributed by atoms with Gasteiger partial charge in [-0.2, -0.15) is 0 Å². The number of methoxy groups -OCH3 is 1. The molecular formula is C15H14ClN3OS. The maximum atomic E-state index is 6.44. The minimum Gasteiger partial charge on any atom is -0.495 e. The van der Waals surface area contributed by atoms with Crippen LogP contribution < -0.4 is 4.74 Å². The third-order valence-corrected chi connectivity index (χ3v) is 4.48. The van der Waals surface area contributed by atoms with Gasteiger partial charge in [-0.15, -0.1) is 11.3 Å². The van der Waals surface area contributed by atoms with E-state index in [1.807, 2.05) is 12.1 Å². The number of aromatic nitrogens is 3. The molecule has 6 heteroatoms. The van der Waals surface area contributed by atoms with E-state index < -0.39 is 0 Å². The van der Waals surface area contributed by atoms with E-state index >= 15 is 0 Å². The summed E-state index contributed by atoms with van der Waals surface area (Å²) in [5.74, 6) is 0.994. The SMILES string of the molecule is COc1ccc2ncnc(-c3nc(C(C)C)cs3)c2c1Cl. The Morgan fingerprint density at radius 1 is 1.24 bits per heavy atom. The van der Waals surface area contributed by atoms with Gasteiger partial charge in [0.15, 0.2) is 0 Å². The van der Waals surface area contributed by atoms with Crippen molar-refractivity contribution in [3.8, 4) is 16.5 Å². The van der Waals surface area contributed by atoms with Gasteiger partial charge in [-0.1, -0.05) is 25.4 Å². The van der Waals surface area contributed by atoms with Crippen molar-refractivity contribution in [3.05, 3.63) is 34.6 Å². The second-order valence-electron chi connectivity index (χ2n) is 4.93. The lowest BCUT2D eigenvalue weighted by Gasteiger charge is -2.08. The first-order valence-electron chi connectivity index (χ1n) is 6.54. The Bertz CT molecular complexity index is 801. The second kappa shape index (κ2) is 5.58. The van der Waals surface area contributed by atoms with E-state index in [-0.39, 0.29) is 0 Å². The molecule has 0 fully saturated rings. The highest BCUT2D eigenvalue weighted by molar-refractivity contribution is 7.13. The summed E-state index contributed by atoms with van der Waals surface area (Å²) in [6.45, 7) is 4.24. The minimum absolute atomic E-state index is 0.383. The summed E-state index contributed by atoms with van der Waals surface area (Å²) < 4.78 is 5.28. The lowest BCUT2D eigenvalue weighted by Crippen LogP contribution is -1.93. The zero-order chi connectivity index (χ0) is 15.0. The first kappa shape index (κ1) is 14.2. The van der Waals surface area contributed by atoms with Crippen LogP contribution in [0, 0.1) is 0 Å². The molecule has 0 radical (unpaired) electrons. The molecule has 3 aromatic rings. The van der Waals surface area contributed by atoms with E-state index in [1.165, 1.54) is 6.33 Å². The molecule has 0 aliphatic rings. The second-order valence-corrected chi connectivity index (χ2v) is 6.17. The summed E-state index contributed by atoms with van der Waals surface area (Å²) in [7, 11) is 1.59. The van der Waals surface area contributed by atoms with Gasteiger partial charge in [0.25, 0.3) is 0 Å². The summed E-state index contributed by atoms with van der Waals surface area (Å²) in [6.07, 6.45) is 1.54. The quantitative estimate of drug-likeness (QED) is 0.711. The van der Waals surface area contributed by atoms with Crippen molar-refractivity contribution in [1.29, 1.82) is 0 Å². The molecule has 0 bridgehead atoms. The molecule has 0 saturated carbocycles. The van der Waals surface area contributed by atoms with Crippen molar-refractivity contribution in [2.45, 2.75) is 19.8 Å². The normalized spacial score (nSPS) is 11.3. The maximum Gasteiger partial charge on any atom is 0.142 e. The van der Waals surface area contributed by atoms with Crippen LogP contribution in [-0.4, -0.2) is 22.1 Å². The average Bonchev–Trinajstić information content (AvgIpc) is 2.97. The molecule has 2 heterocycles. The number of thiazole rings is 1. The van der Waals surface area contributed by atoms with E-state index in [1.54, 1.807) is 18.4 Å². The number of nitrogens with zero attached hydrogens (tertiary/aromatic N) is 3. The predicted octanol–water partition coefficient (Wildman–Crippen LogP) is 4.54. The summed E-state index contributed by atoms with van der Waals surface area (Å²) in [4.78, 5) is 13.3. The summed E-state index contributed by atoms with van der Waals surface area (Å²) >= 11 is 8.01. The topological polar surface area (TPSA) is 47.9 Å². The molecule has 2 aromatic heterocycles. The molecule has 0 aliphatic carbocycles. The molecule has 4 nitrogen and oxygen atoms in total. The number of fused-ring (bicyclic) bond motifs is 1. The van der Waals surface area contributed by atoms with Gasteiger partial charge in [0.2, 0.25) is 0 Å². The highest BCUT2D eigenvalue weighted by atomic mass is 35.5. The van der Waals surface area contributed by atoms with E-state index in [2.05, 4.69) is 34.2 Å². The minimum atomic E-state index is 0.383. The smallest absolute Gasteiger partial charge is 0.142 e. The van der Waals surface area contributed by atoms with Gasteiger partial charge in [-0.25, -0.2) is 15.0 Å². The zero-order valence-electron chi connectivity index (χ0n) is 11.9. The molecule has 0 saturated heterocycles. The molecule has 0 spiro atoms. The van der Waals surface area contributed by atoms with Crippen molar-refractivity contribution in [1.82, 2.24) is 15.0 Å². The van der Waals surface area contributed by atoms with Gasteiger partial charge in [0, 0.05) is 5.38 Å². The van der Waals surface area contributed by atoms with Crippen molar-refractivity contribution in [2.75, 3.05) is 7.11 Å². The number of rotatable bonds is 3. The van der Waals surface area contributed by atoms with Gasteiger partial charge >= 0.3 is 0 Å². The largest absolute Gasteiger partial charge is 0.495 e. The van der Waals surface area contributed by atoms with Gasteiger partial charge in [-0.3, -0.25) is 0 Å². The Morgan fingerprint density at radius 2 is 2.05 bits per heavy atom. The molecular weight excluding hydrogens is 306 g/mol. The molecule has 0 atom stereocenters. The van der Waals surface area contributed by atoms with Crippen LogP contribution in [0.25, 0.3) is 21.6 Å². The monoisotopic (exact) mass is 319 g/mol. The number of halogens is 1. The lowest BCUT2D eigenvalue weighted by molar-refractivity contribution is 0.415. The van der Waals surface area contributed by atoms with Crippen LogP contribution in [0.3, 0.4) is 0 Å². The van der Waals surface area contributed by atoms with Crippen molar-refractivity contribution < 1.29 is 4.74 Å². The molecule has 0 unspecified atom stereocenters. The summed E-state index contributed by atoms with van der Waals surface area (Å²) in [6, 6.07) is 3.69. The summed E-state index contributed by atoms with van der Waals surface area (Å²) in [5.41, 5.74) is 2.59. The fourth-order valence-corrected chi connectivity index (χ4v) is 3.38. The Kier molecular flexibility index (Phi) is 3.78. The molecule has 0 amide bonds. The van der Waals surface area contributed by atoms with E-state index in [4.69, 9.17) is 16.3 Å². The average molecular weight is 320 g/mol. The maximum absolute atomic E-state index is 6.44. The Morgan fingerprint density at radius 3 is 2.71 bits per heavy atom. The van der Waals surface area contributed by atoms with Gasteiger partial charge in [0.05, 0.1) is 28.7 Å². The predicted molar refractivity (Wildman–Crippen MR) is 86.3 cm³/mol.